The molecule has 42 heavy (non-hydrogen) atoms. The van der Waals surface area contributed by atoms with E-state index in [9.17, 15) is 20.1 Å². The Balaban J connectivity index is 1.56. The van der Waals surface area contributed by atoms with Crippen LogP contribution in [0.3, 0.4) is 0 Å². The van der Waals surface area contributed by atoms with E-state index >= 15 is 0 Å². The van der Waals surface area contributed by atoms with Gasteiger partial charge in [0.1, 0.15) is 29.8 Å². The molecular weight excluding hydrogens is 536 g/mol. The van der Waals surface area contributed by atoms with Gasteiger partial charge in [-0.15, -0.1) is 0 Å². The molecule has 4 heterocycles. The van der Waals surface area contributed by atoms with E-state index in [1.165, 1.54) is 0 Å². The van der Waals surface area contributed by atoms with E-state index in [0.717, 1.165) is 12.0 Å². The van der Waals surface area contributed by atoms with Crippen LogP contribution in [0.1, 0.15) is 74.1 Å². The van der Waals surface area contributed by atoms with Gasteiger partial charge in [0.2, 0.25) is 0 Å². The molecule has 4 aliphatic heterocycles. The fraction of sp³-hybridized carbons (Fsp3) is 0.735. The number of carbonyl (C=O) groups excluding carboxylic acids is 1. The summed E-state index contributed by atoms with van der Waals surface area (Å²) in [6.07, 6.45) is 8.07. The number of hydrogen-bond donors (Lipinski definition) is 3. The molecule has 0 aromatic heterocycles. The van der Waals surface area contributed by atoms with Gasteiger partial charge in [0.15, 0.2) is 5.79 Å². The van der Waals surface area contributed by atoms with Crippen LogP contribution in [-0.4, -0.2) is 75.9 Å². The highest BCUT2D eigenvalue weighted by molar-refractivity contribution is 5.78. The van der Waals surface area contributed by atoms with Crippen LogP contribution in [0.5, 0.6) is 0 Å². The van der Waals surface area contributed by atoms with E-state index in [1.54, 1.807) is 25.2 Å². The van der Waals surface area contributed by atoms with Gasteiger partial charge in [0.25, 0.3) is 0 Å². The first-order valence-electron chi connectivity index (χ1n) is 15.8. The van der Waals surface area contributed by atoms with E-state index < -0.39 is 47.7 Å². The van der Waals surface area contributed by atoms with Crippen LogP contribution in [-0.2, 0) is 23.7 Å². The van der Waals surface area contributed by atoms with Crippen molar-refractivity contribution in [1.29, 1.82) is 0 Å². The van der Waals surface area contributed by atoms with Crippen molar-refractivity contribution in [3.8, 4) is 0 Å². The summed E-state index contributed by atoms with van der Waals surface area (Å²) in [6, 6.07) is 0. The first-order chi connectivity index (χ1) is 19.8. The van der Waals surface area contributed by atoms with E-state index in [1.807, 2.05) is 19.9 Å². The van der Waals surface area contributed by atoms with Crippen LogP contribution in [0.4, 0.5) is 0 Å². The van der Waals surface area contributed by atoms with Gasteiger partial charge < -0.3 is 34.3 Å². The Labute approximate surface area is 250 Å². The maximum atomic E-state index is 14.0. The van der Waals surface area contributed by atoms with Crippen molar-refractivity contribution < 1.29 is 39.1 Å². The highest BCUT2D eigenvalue weighted by atomic mass is 16.7. The molecule has 0 radical (unpaired) electrons. The third kappa shape index (κ3) is 5.71. The second-order valence-electron chi connectivity index (χ2n) is 13.9. The van der Waals surface area contributed by atoms with Crippen molar-refractivity contribution in [3.05, 3.63) is 47.1 Å². The maximum Gasteiger partial charge on any atom is 0.316 e. The van der Waals surface area contributed by atoms with Crippen molar-refractivity contribution in [2.45, 2.75) is 122 Å². The minimum absolute atomic E-state index is 0.0176. The number of fused-ring (bicyclic) bond motifs is 2. The summed E-state index contributed by atoms with van der Waals surface area (Å²) < 4.78 is 25.7. The Morgan fingerprint density at radius 3 is 2.43 bits per heavy atom. The van der Waals surface area contributed by atoms with Gasteiger partial charge in [0, 0.05) is 31.1 Å². The summed E-state index contributed by atoms with van der Waals surface area (Å²) in [4.78, 5) is 14.0. The molecule has 5 aliphatic rings. The van der Waals surface area contributed by atoms with Crippen LogP contribution < -0.4 is 0 Å². The first kappa shape index (κ1) is 31.6. The predicted molar refractivity (Wildman–Crippen MR) is 158 cm³/mol. The molecule has 3 N–H and O–H groups in total. The van der Waals surface area contributed by atoms with Crippen LogP contribution >= 0.6 is 0 Å². The van der Waals surface area contributed by atoms with Gasteiger partial charge in [-0.3, -0.25) is 4.79 Å². The minimum atomic E-state index is -1.76. The minimum Gasteiger partial charge on any atom is -0.462 e. The Morgan fingerprint density at radius 2 is 1.71 bits per heavy atom. The highest BCUT2D eigenvalue weighted by Crippen LogP contribution is 2.48. The summed E-state index contributed by atoms with van der Waals surface area (Å²) >= 11 is 0. The van der Waals surface area contributed by atoms with E-state index in [-0.39, 0.29) is 30.7 Å². The molecule has 0 amide bonds. The van der Waals surface area contributed by atoms with Gasteiger partial charge in [0.05, 0.1) is 24.9 Å². The Hall–Kier alpha value is -1.81. The molecule has 1 aliphatic carbocycles. The molecule has 234 valence electrons. The number of ether oxygens (including phenoxy) is 4. The smallest absolute Gasteiger partial charge is 0.316 e. The van der Waals surface area contributed by atoms with Crippen LogP contribution in [0, 0.1) is 29.6 Å². The molecule has 12 atom stereocenters. The molecule has 3 fully saturated rings. The highest BCUT2D eigenvalue weighted by Gasteiger charge is 2.60. The number of rotatable bonds is 1. The molecule has 0 aromatic carbocycles. The average molecular weight is 587 g/mol. The lowest BCUT2D eigenvalue weighted by Gasteiger charge is -2.51. The van der Waals surface area contributed by atoms with Gasteiger partial charge in [-0.1, -0.05) is 65.0 Å². The lowest BCUT2D eigenvalue weighted by Crippen LogP contribution is -2.58. The Kier molecular flexibility index (Phi) is 8.99. The average Bonchev–Trinajstić information content (AvgIpc) is 3.27. The van der Waals surface area contributed by atoms with E-state index in [4.69, 9.17) is 18.9 Å². The molecule has 0 saturated carbocycles. The second-order valence-corrected chi connectivity index (χ2v) is 13.9. The summed E-state index contributed by atoms with van der Waals surface area (Å²) in [5.74, 6) is -2.06. The largest absolute Gasteiger partial charge is 0.462 e. The van der Waals surface area contributed by atoms with Crippen LogP contribution in [0.2, 0.25) is 0 Å². The number of aliphatic hydroxyl groups excluding tert-OH is 2. The molecule has 8 heteroatoms. The van der Waals surface area contributed by atoms with Gasteiger partial charge in [-0.2, -0.15) is 0 Å². The summed E-state index contributed by atoms with van der Waals surface area (Å²) in [6.45, 7) is 14.3. The molecule has 1 unspecified atom stereocenters. The van der Waals surface area contributed by atoms with Gasteiger partial charge >= 0.3 is 5.97 Å². The second kappa shape index (κ2) is 11.9. The number of allylic oxidation sites excluding steroid dienone is 2. The summed E-state index contributed by atoms with van der Waals surface area (Å²) in [7, 11) is 0. The monoisotopic (exact) mass is 586 g/mol. The molecular formula is C34H50O8. The lowest BCUT2D eigenvalue weighted by atomic mass is 9.71. The summed E-state index contributed by atoms with van der Waals surface area (Å²) in [5.41, 5.74) is 0.140. The maximum absolute atomic E-state index is 14.0. The zero-order chi connectivity index (χ0) is 30.6. The fourth-order valence-electron chi connectivity index (χ4n) is 7.73. The lowest BCUT2D eigenvalue weighted by molar-refractivity contribution is -0.344. The molecule has 1 spiro atoms. The molecule has 8 nitrogen and oxygen atoms in total. The molecule has 5 rings (SSSR count). The van der Waals surface area contributed by atoms with Crippen molar-refractivity contribution in [2.24, 2.45) is 29.6 Å². The molecule has 2 bridgehead atoms. The number of esters is 1. The van der Waals surface area contributed by atoms with Crippen molar-refractivity contribution in [1.82, 2.24) is 0 Å². The predicted octanol–water partition coefficient (Wildman–Crippen LogP) is 4.39. The quantitative estimate of drug-likeness (QED) is 0.306. The van der Waals surface area contributed by atoms with Crippen molar-refractivity contribution >= 4 is 5.97 Å². The van der Waals surface area contributed by atoms with Crippen LogP contribution in [0.15, 0.2) is 47.1 Å². The number of hydrogen-bond acceptors (Lipinski definition) is 8. The summed E-state index contributed by atoms with van der Waals surface area (Å²) in [5, 5.41) is 34.2. The van der Waals surface area contributed by atoms with Crippen molar-refractivity contribution in [3.63, 3.8) is 0 Å². The molecule has 3 saturated heterocycles. The third-order valence-corrected chi connectivity index (χ3v) is 10.3. The third-order valence-electron chi connectivity index (χ3n) is 10.3. The number of aliphatic hydroxyl groups is 3. The molecule has 0 aromatic rings. The standard InChI is InChI=1S/C34H50O8/c1-18(2)30-20(4)11-12-33(42-30)16-25-15-27(41-33)21(5)13-22(6)28(35)19(3)9-8-10-24-17-39-31-29(36)23(7)14-26(32(37)40-25)34(24,31)38/h8-10,13-14,18-21,25-31,35-36,38H,11-12,15-17H2,1-7H3/b9-8+,22-13+,24-10+/t19-,20-,21?,25-,26-,27-,28-,29+,30+,31+,33+,34+/m0/s1. The first-order valence-corrected chi connectivity index (χ1v) is 15.8. The topological polar surface area (TPSA) is 115 Å². The SMILES string of the molecule is CC1=C[C@H]2C(=O)O[C@H]3C[C@H](O[C@@]4(CC[C@H](C)[C@@H](C(C)C)O4)C3)C(C)/C=C(\C)[C@@H](O)[C@@H](C)/C=C/C=C3\CO[C@H]([C@@H]1O)[C@@]32O. The Bertz CT molecular complexity index is 1150. The van der Waals surface area contributed by atoms with Crippen molar-refractivity contribution in [2.75, 3.05) is 6.61 Å². The Morgan fingerprint density at radius 1 is 1.00 bits per heavy atom. The van der Waals surface area contributed by atoms with Gasteiger partial charge in [-0.05, 0) is 48.8 Å². The normalized spacial score (nSPS) is 49.8. The van der Waals surface area contributed by atoms with Crippen LogP contribution in [0.25, 0.3) is 0 Å². The van der Waals surface area contributed by atoms with E-state index in [0.29, 0.717) is 42.2 Å². The van der Waals surface area contributed by atoms with E-state index in [2.05, 4.69) is 33.8 Å². The van der Waals surface area contributed by atoms with Gasteiger partial charge in [-0.25, -0.2) is 0 Å². The zero-order valence-electron chi connectivity index (χ0n) is 26.2. The zero-order valence-corrected chi connectivity index (χ0v) is 26.2. The fourth-order valence-corrected chi connectivity index (χ4v) is 7.73. The number of carbonyl (C=O) groups is 1.